The first-order valence-electron chi connectivity index (χ1n) is 5.20. The zero-order chi connectivity index (χ0) is 12.6. The van der Waals surface area contributed by atoms with E-state index in [4.69, 9.17) is 17.0 Å². The number of hydrogen-bond acceptors (Lipinski definition) is 4. The van der Waals surface area contributed by atoms with Gasteiger partial charge in [0.1, 0.15) is 6.04 Å². The first-order chi connectivity index (χ1) is 8.06. The van der Waals surface area contributed by atoms with Crippen LogP contribution in [0.25, 0.3) is 11.2 Å². The van der Waals surface area contributed by atoms with Crippen LogP contribution in [0.4, 0.5) is 0 Å². The zero-order valence-corrected chi connectivity index (χ0v) is 10.7. The van der Waals surface area contributed by atoms with E-state index >= 15 is 0 Å². The van der Waals surface area contributed by atoms with Crippen molar-refractivity contribution in [2.24, 2.45) is 0 Å². The van der Waals surface area contributed by atoms with Crippen molar-refractivity contribution in [1.82, 2.24) is 14.5 Å². The number of aromatic amines is 1. The number of imidazole rings is 1. The van der Waals surface area contributed by atoms with E-state index in [0.717, 1.165) is 11.1 Å². The molecule has 0 bridgehead atoms. The topological polar surface area (TPSA) is 59.9 Å². The Morgan fingerprint density at radius 2 is 2.35 bits per heavy atom. The zero-order valence-electron chi connectivity index (χ0n) is 9.85. The molecule has 0 amide bonds. The number of fused-ring (bicyclic) bond motifs is 1. The molecule has 0 aromatic carbocycles. The second-order valence-electron chi connectivity index (χ2n) is 3.83. The Morgan fingerprint density at radius 3 is 3.00 bits per heavy atom. The molecule has 2 heterocycles. The van der Waals surface area contributed by atoms with Gasteiger partial charge in [0.25, 0.3) is 0 Å². The lowest BCUT2D eigenvalue weighted by molar-refractivity contribution is -0.143. The summed E-state index contributed by atoms with van der Waals surface area (Å²) in [5, 5.41) is 0. The minimum Gasteiger partial charge on any atom is -0.467 e. The minimum atomic E-state index is -0.490. The van der Waals surface area contributed by atoms with Crippen LogP contribution in [-0.4, -0.2) is 27.6 Å². The monoisotopic (exact) mass is 251 g/mol. The van der Waals surface area contributed by atoms with E-state index in [1.54, 1.807) is 17.7 Å². The highest BCUT2D eigenvalue weighted by atomic mass is 32.1. The Bertz CT molecular complexity index is 629. The second kappa shape index (κ2) is 4.29. The molecule has 0 aliphatic heterocycles. The number of aryl methyl sites for hydroxylation is 1. The van der Waals surface area contributed by atoms with Crippen molar-refractivity contribution >= 4 is 29.4 Å². The number of aromatic nitrogens is 3. The lowest BCUT2D eigenvalue weighted by atomic mass is 10.2. The standard InChI is InChI=1S/C11H13N3O2S/c1-6-4-5-12-9-8(6)13-11(17)14(9)7(2)10(15)16-3/h4-5,7H,1-3H3,(H,13,17). The number of pyridine rings is 1. The molecule has 0 aliphatic rings. The van der Waals surface area contributed by atoms with Crippen molar-refractivity contribution in [3.63, 3.8) is 0 Å². The van der Waals surface area contributed by atoms with Crippen molar-refractivity contribution in [2.45, 2.75) is 19.9 Å². The molecule has 1 unspecified atom stereocenters. The Labute approximate surface area is 103 Å². The van der Waals surface area contributed by atoms with Crippen LogP contribution in [0.15, 0.2) is 12.3 Å². The van der Waals surface area contributed by atoms with Gasteiger partial charge in [0.05, 0.1) is 12.6 Å². The van der Waals surface area contributed by atoms with Crippen LogP contribution in [0.3, 0.4) is 0 Å². The molecule has 0 spiro atoms. The largest absolute Gasteiger partial charge is 0.467 e. The van der Waals surface area contributed by atoms with Gasteiger partial charge in [-0.1, -0.05) is 0 Å². The first kappa shape index (κ1) is 11.8. The van der Waals surface area contributed by atoms with Crippen LogP contribution in [0, 0.1) is 11.7 Å². The fourth-order valence-corrected chi connectivity index (χ4v) is 2.13. The highest BCUT2D eigenvalue weighted by Crippen LogP contribution is 2.20. The van der Waals surface area contributed by atoms with Crippen LogP contribution in [0.2, 0.25) is 0 Å². The van der Waals surface area contributed by atoms with Gasteiger partial charge in [-0.25, -0.2) is 9.78 Å². The molecule has 0 saturated heterocycles. The van der Waals surface area contributed by atoms with Gasteiger partial charge in [0.15, 0.2) is 10.4 Å². The highest BCUT2D eigenvalue weighted by Gasteiger charge is 2.20. The smallest absolute Gasteiger partial charge is 0.328 e. The van der Waals surface area contributed by atoms with E-state index in [0.29, 0.717) is 10.4 Å². The number of methoxy groups -OCH3 is 1. The molecule has 2 aromatic heterocycles. The number of hydrogen-bond donors (Lipinski definition) is 1. The van der Waals surface area contributed by atoms with E-state index in [1.165, 1.54) is 7.11 Å². The molecule has 1 N–H and O–H groups in total. The van der Waals surface area contributed by atoms with Crippen molar-refractivity contribution in [2.75, 3.05) is 7.11 Å². The predicted molar refractivity (Wildman–Crippen MR) is 66.4 cm³/mol. The third kappa shape index (κ3) is 1.84. The van der Waals surface area contributed by atoms with Gasteiger partial charge < -0.3 is 9.72 Å². The molecule has 0 saturated carbocycles. The van der Waals surface area contributed by atoms with Gasteiger partial charge in [-0.15, -0.1) is 0 Å². The van der Waals surface area contributed by atoms with Gasteiger partial charge in [-0.3, -0.25) is 4.57 Å². The average Bonchev–Trinajstić information content (AvgIpc) is 2.65. The minimum absolute atomic E-state index is 0.342. The van der Waals surface area contributed by atoms with Crippen LogP contribution in [0.5, 0.6) is 0 Å². The molecule has 0 radical (unpaired) electrons. The first-order valence-corrected chi connectivity index (χ1v) is 5.60. The van der Waals surface area contributed by atoms with Gasteiger partial charge in [0, 0.05) is 6.20 Å². The van der Waals surface area contributed by atoms with Crippen molar-refractivity contribution in [3.8, 4) is 0 Å². The van der Waals surface area contributed by atoms with Crippen LogP contribution >= 0.6 is 12.2 Å². The lowest BCUT2D eigenvalue weighted by Gasteiger charge is -2.11. The Morgan fingerprint density at radius 1 is 1.65 bits per heavy atom. The van der Waals surface area contributed by atoms with E-state index in [-0.39, 0.29) is 5.97 Å². The summed E-state index contributed by atoms with van der Waals surface area (Å²) >= 11 is 5.22. The number of carbonyl (C=O) groups is 1. The quantitative estimate of drug-likeness (QED) is 0.656. The van der Waals surface area contributed by atoms with Crippen LogP contribution in [0.1, 0.15) is 18.5 Å². The molecule has 0 aliphatic carbocycles. The van der Waals surface area contributed by atoms with Crippen LogP contribution in [-0.2, 0) is 9.53 Å². The Kier molecular flexibility index (Phi) is 2.97. The van der Waals surface area contributed by atoms with Gasteiger partial charge in [-0.05, 0) is 37.7 Å². The molecule has 1 atom stereocenters. The Hall–Kier alpha value is -1.69. The fourth-order valence-electron chi connectivity index (χ4n) is 1.78. The number of carbonyl (C=O) groups excluding carboxylic acids is 1. The van der Waals surface area contributed by atoms with Crippen molar-refractivity contribution in [3.05, 3.63) is 22.6 Å². The third-order valence-corrected chi connectivity index (χ3v) is 3.05. The molecule has 2 aromatic rings. The summed E-state index contributed by atoms with van der Waals surface area (Å²) in [7, 11) is 1.36. The van der Waals surface area contributed by atoms with Gasteiger partial charge >= 0.3 is 5.97 Å². The SMILES string of the molecule is COC(=O)C(C)n1c(=S)[nH]c2c(C)ccnc21. The summed E-state index contributed by atoms with van der Waals surface area (Å²) in [5.74, 6) is -0.342. The van der Waals surface area contributed by atoms with Crippen molar-refractivity contribution < 1.29 is 9.53 Å². The Balaban J connectivity index is 2.70. The molecular formula is C11H13N3O2S. The summed E-state index contributed by atoms with van der Waals surface area (Å²) in [5.41, 5.74) is 2.57. The summed E-state index contributed by atoms with van der Waals surface area (Å²) < 4.78 is 6.86. The van der Waals surface area contributed by atoms with E-state index in [2.05, 4.69) is 9.97 Å². The summed E-state index contributed by atoms with van der Waals surface area (Å²) in [6.07, 6.45) is 1.70. The van der Waals surface area contributed by atoms with Gasteiger partial charge in [-0.2, -0.15) is 0 Å². The number of esters is 1. The normalized spacial score (nSPS) is 12.6. The predicted octanol–water partition coefficient (Wildman–Crippen LogP) is 2.14. The number of ether oxygens (including phenoxy) is 1. The number of rotatable bonds is 2. The second-order valence-corrected chi connectivity index (χ2v) is 4.21. The number of nitrogens with one attached hydrogen (secondary N) is 1. The van der Waals surface area contributed by atoms with E-state index in [9.17, 15) is 4.79 Å². The summed E-state index contributed by atoms with van der Waals surface area (Å²) in [6.45, 7) is 3.70. The summed E-state index contributed by atoms with van der Waals surface area (Å²) in [6, 6.07) is 1.40. The maximum absolute atomic E-state index is 11.6. The fraction of sp³-hybridized carbons (Fsp3) is 0.364. The molecule has 17 heavy (non-hydrogen) atoms. The molecule has 6 heteroatoms. The van der Waals surface area contributed by atoms with Gasteiger partial charge in [0.2, 0.25) is 0 Å². The van der Waals surface area contributed by atoms with E-state index in [1.807, 2.05) is 13.0 Å². The lowest BCUT2D eigenvalue weighted by Crippen LogP contribution is -2.18. The highest BCUT2D eigenvalue weighted by molar-refractivity contribution is 7.71. The third-order valence-electron chi connectivity index (χ3n) is 2.75. The average molecular weight is 251 g/mol. The summed E-state index contributed by atoms with van der Waals surface area (Å²) in [4.78, 5) is 18.9. The molecule has 5 nitrogen and oxygen atoms in total. The molecule has 90 valence electrons. The van der Waals surface area contributed by atoms with Crippen LogP contribution < -0.4 is 0 Å². The maximum atomic E-state index is 11.6. The number of H-pyrrole nitrogens is 1. The molecule has 2 rings (SSSR count). The van der Waals surface area contributed by atoms with Crippen molar-refractivity contribution in [1.29, 1.82) is 0 Å². The molecule has 0 fully saturated rings. The molecular weight excluding hydrogens is 238 g/mol. The number of nitrogens with zero attached hydrogens (tertiary/aromatic N) is 2. The maximum Gasteiger partial charge on any atom is 0.328 e. The van der Waals surface area contributed by atoms with E-state index < -0.39 is 6.04 Å².